The van der Waals surface area contributed by atoms with Gasteiger partial charge in [-0.2, -0.15) is 0 Å². The molecule has 0 bridgehead atoms. The van der Waals surface area contributed by atoms with Crippen molar-refractivity contribution in [2.45, 2.75) is 27.2 Å². The largest absolute Gasteiger partial charge is 0.469 e. The molecule has 0 saturated heterocycles. The van der Waals surface area contributed by atoms with Crippen molar-refractivity contribution in [1.29, 1.82) is 0 Å². The number of ether oxygens (including phenoxy) is 1. The number of hydrogen-bond donors (Lipinski definition) is 0. The second-order valence-electron chi connectivity index (χ2n) is 6.67. The summed E-state index contributed by atoms with van der Waals surface area (Å²) in [6.07, 6.45) is 3.93. The van der Waals surface area contributed by atoms with E-state index >= 15 is 0 Å². The summed E-state index contributed by atoms with van der Waals surface area (Å²) in [5.41, 5.74) is 0.731. The first-order valence-corrected chi connectivity index (χ1v) is 7.13. The van der Waals surface area contributed by atoms with E-state index in [-0.39, 0.29) is 29.1 Å². The Morgan fingerprint density at radius 3 is 2.62 bits per heavy atom. The van der Waals surface area contributed by atoms with E-state index in [0.29, 0.717) is 13.0 Å². The van der Waals surface area contributed by atoms with Gasteiger partial charge in [-0.1, -0.05) is 20.8 Å². The van der Waals surface area contributed by atoms with Crippen LogP contribution in [0.4, 0.5) is 5.69 Å². The van der Waals surface area contributed by atoms with E-state index in [0.717, 1.165) is 5.69 Å². The fourth-order valence-corrected chi connectivity index (χ4v) is 2.36. The molecule has 0 aromatic carbocycles. The first kappa shape index (κ1) is 15.5. The van der Waals surface area contributed by atoms with Gasteiger partial charge in [0.15, 0.2) is 0 Å². The van der Waals surface area contributed by atoms with Crippen molar-refractivity contribution < 1.29 is 14.3 Å². The molecule has 1 heterocycles. The van der Waals surface area contributed by atoms with E-state index in [1.807, 2.05) is 12.1 Å². The summed E-state index contributed by atoms with van der Waals surface area (Å²) >= 11 is 0. The lowest BCUT2D eigenvalue weighted by Crippen LogP contribution is -2.39. The number of esters is 1. The first-order valence-electron chi connectivity index (χ1n) is 7.13. The minimum Gasteiger partial charge on any atom is -0.469 e. The molecule has 1 aliphatic rings. The molecular formula is C16H22N2O3. The third-order valence-electron chi connectivity index (χ3n) is 3.47. The van der Waals surface area contributed by atoms with E-state index in [1.54, 1.807) is 17.3 Å². The number of aromatic nitrogens is 1. The number of carbonyl (C=O) groups is 2. The predicted molar refractivity (Wildman–Crippen MR) is 79.7 cm³/mol. The third kappa shape index (κ3) is 3.80. The topological polar surface area (TPSA) is 59.5 Å². The Morgan fingerprint density at radius 2 is 2.10 bits per heavy atom. The van der Waals surface area contributed by atoms with Crippen molar-refractivity contribution in [2.75, 3.05) is 18.6 Å². The highest BCUT2D eigenvalue weighted by atomic mass is 16.5. The lowest BCUT2D eigenvalue weighted by molar-refractivity contribution is -0.143. The fraction of sp³-hybridized carbons (Fsp3) is 0.562. The Labute approximate surface area is 125 Å². The van der Waals surface area contributed by atoms with Crippen LogP contribution in [0.25, 0.3) is 0 Å². The van der Waals surface area contributed by atoms with Gasteiger partial charge in [0.1, 0.15) is 0 Å². The van der Waals surface area contributed by atoms with Crippen molar-refractivity contribution in [3.8, 4) is 0 Å². The zero-order valence-corrected chi connectivity index (χ0v) is 13.0. The van der Waals surface area contributed by atoms with Crippen LogP contribution in [0.1, 0.15) is 27.2 Å². The molecule has 1 saturated carbocycles. The Morgan fingerprint density at radius 1 is 1.38 bits per heavy atom. The lowest BCUT2D eigenvalue weighted by atomic mass is 9.95. The van der Waals surface area contributed by atoms with Gasteiger partial charge in [0.2, 0.25) is 5.91 Å². The molecule has 114 valence electrons. The summed E-state index contributed by atoms with van der Waals surface area (Å²) in [6, 6.07) is 3.68. The SMILES string of the molecule is COC(=O)C1CC1C(=O)N(CC(C)(C)C)c1cccnc1. The summed E-state index contributed by atoms with van der Waals surface area (Å²) < 4.78 is 4.72. The van der Waals surface area contributed by atoms with Crippen LogP contribution in [0, 0.1) is 17.3 Å². The summed E-state index contributed by atoms with van der Waals surface area (Å²) in [6.45, 7) is 6.82. The maximum Gasteiger partial charge on any atom is 0.309 e. The van der Waals surface area contributed by atoms with Gasteiger partial charge in [-0.3, -0.25) is 14.6 Å². The highest BCUT2D eigenvalue weighted by Crippen LogP contribution is 2.42. The van der Waals surface area contributed by atoms with Crippen LogP contribution in [0.15, 0.2) is 24.5 Å². The Bertz CT molecular complexity index is 522. The van der Waals surface area contributed by atoms with Crippen molar-refractivity contribution in [1.82, 2.24) is 4.98 Å². The highest BCUT2D eigenvalue weighted by molar-refractivity contribution is 6.00. The summed E-state index contributed by atoms with van der Waals surface area (Å²) in [5, 5.41) is 0. The summed E-state index contributed by atoms with van der Waals surface area (Å²) in [7, 11) is 1.36. The Kier molecular flexibility index (Phi) is 4.30. The molecule has 5 heteroatoms. The molecule has 2 atom stereocenters. The zero-order valence-electron chi connectivity index (χ0n) is 13.0. The number of pyridine rings is 1. The van der Waals surface area contributed by atoms with Crippen LogP contribution in [0.2, 0.25) is 0 Å². The van der Waals surface area contributed by atoms with Gasteiger partial charge in [-0.25, -0.2) is 0 Å². The average molecular weight is 290 g/mol. The number of hydrogen-bond acceptors (Lipinski definition) is 4. The second kappa shape index (κ2) is 5.84. The maximum absolute atomic E-state index is 12.7. The van der Waals surface area contributed by atoms with Crippen molar-refractivity contribution >= 4 is 17.6 Å². The van der Waals surface area contributed by atoms with Crippen LogP contribution in [-0.4, -0.2) is 30.5 Å². The Hall–Kier alpha value is -1.91. The van der Waals surface area contributed by atoms with Crippen molar-refractivity contribution in [2.24, 2.45) is 17.3 Å². The summed E-state index contributed by atoms with van der Waals surface area (Å²) in [5.74, 6) is -0.870. The van der Waals surface area contributed by atoms with Gasteiger partial charge in [-0.05, 0) is 24.0 Å². The van der Waals surface area contributed by atoms with Gasteiger partial charge in [0.25, 0.3) is 0 Å². The minimum absolute atomic E-state index is 0.0201. The molecule has 1 amide bonds. The molecule has 0 radical (unpaired) electrons. The monoisotopic (exact) mass is 290 g/mol. The van der Waals surface area contributed by atoms with E-state index in [9.17, 15) is 9.59 Å². The molecule has 2 unspecified atom stereocenters. The van der Waals surface area contributed by atoms with E-state index in [4.69, 9.17) is 4.74 Å². The first-order chi connectivity index (χ1) is 9.83. The van der Waals surface area contributed by atoms with Crippen molar-refractivity contribution in [3.05, 3.63) is 24.5 Å². The fourth-order valence-electron chi connectivity index (χ4n) is 2.36. The highest BCUT2D eigenvalue weighted by Gasteiger charge is 2.50. The van der Waals surface area contributed by atoms with Gasteiger partial charge in [-0.15, -0.1) is 0 Å². The van der Waals surface area contributed by atoms with E-state index in [2.05, 4.69) is 25.8 Å². The lowest BCUT2D eigenvalue weighted by Gasteiger charge is -2.30. The average Bonchev–Trinajstić information content (AvgIpc) is 3.23. The molecule has 1 aromatic rings. The molecular weight excluding hydrogens is 268 g/mol. The van der Waals surface area contributed by atoms with Gasteiger partial charge in [0, 0.05) is 12.7 Å². The standard InChI is InChI=1S/C16H22N2O3/c1-16(2,3)10-18(11-6-5-7-17-9-11)14(19)12-8-13(12)15(20)21-4/h5-7,9,12-13H,8,10H2,1-4H3. The van der Waals surface area contributed by atoms with E-state index in [1.165, 1.54) is 7.11 Å². The second-order valence-corrected chi connectivity index (χ2v) is 6.67. The van der Waals surface area contributed by atoms with E-state index < -0.39 is 0 Å². The number of anilines is 1. The molecule has 2 rings (SSSR count). The number of nitrogens with zero attached hydrogens (tertiary/aromatic N) is 2. The number of methoxy groups -OCH3 is 1. The van der Waals surface area contributed by atoms with Crippen LogP contribution < -0.4 is 4.90 Å². The molecule has 0 N–H and O–H groups in total. The van der Waals surface area contributed by atoms with Gasteiger partial charge >= 0.3 is 5.97 Å². The van der Waals surface area contributed by atoms with Gasteiger partial charge < -0.3 is 9.64 Å². The molecule has 0 aliphatic heterocycles. The smallest absolute Gasteiger partial charge is 0.309 e. The predicted octanol–water partition coefficient (Wildman–Crippen LogP) is 2.27. The summed E-state index contributed by atoms with van der Waals surface area (Å²) in [4.78, 5) is 30.1. The van der Waals surface area contributed by atoms with Crippen LogP contribution in [-0.2, 0) is 14.3 Å². The molecule has 21 heavy (non-hydrogen) atoms. The number of carbonyl (C=O) groups excluding carboxylic acids is 2. The Balaban J connectivity index is 2.17. The van der Waals surface area contributed by atoms with Crippen LogP contribution in [0.3, 0.4) is 0 Å². The third-order valence-corrected chi connectivity index (χ3v) is 3.47. The van der Waals surface area contributed by atoms with Gasteiger partial charge in [0.05, 0.1) is 30.8 Å². The molecule has 1 fully saturated rings. The zero-order chi connectivity index (χ0) is 15.6. The normalized spacial score (nSPS) is 20.8. The molecule has 1 aliphatic carbocycles. The number of amides is 1. The molecule has 0 spiro atoms. The van der Waals surface area contributed by atoms with Crippen molar-refractivity contribution in [3.63, 3.8) is 0 Å². The maximum atomic E-state index is 12.7. The molecule has 5 nitrogen and oxygen atoms in total. The van der Waals surface area contributed by atoms with Crippen LogP contribution in [0.5, 0.6) is 0 Å². The van der Waals surface area contributed by atoms with Crippen LogP contribution >= 0.6 is 0 Å². The molecule has 1 aromatic heterocycles. The quantitative estimate of drug-likeness (QED) is 0.798. The minimum atomic E-state index is -0.296. The number of rotatable bonds is 4.